The molecule has 0 N–H and O–H groups in total. The SMILES string of the molecule is CC(C)(CN=[N+]=[N-])COCC1CO1. The van der Waals surface area contributed by atoms with Crippen LogP contribution in [0.2, 0.25) is 0 Å². The van der Waals surface area contributed by atoms with Gasteiger partial charge in [-0.2, -0.15) is 0 Å². The van der Waals surface area contributed by atoms with Crippen LogP contribution in [0.15, 0.2) is 5.11 Å². The molecule has 1 heterocycles. The van der Waals surface area contributed by atoms with Gasteiger partial charge < -0.3 is 9.47 Å². The number of epoxide rings is 1. The summed E-state index contributed by atoms with van der Waals surface area (Å²) in [6.45, 7) is 6.56. The van der Waals surface area contributed by atoms with Crippen LogP contribution in [0, 0.1) is 5.41 Å². The summed E-state index contributed by atoms with van der Waals surface area (Å²) in [7, 11) is 0. The summed E-state index contributed by atoms with van der Waals surface area (Å²) in [6, 6.07) is 0. The van der Waals surface area contributed by atoms with Crippen LogP contribution >= 0.6 is 0 Å². The van der Waals surface area contributed by atoms with Crippen LogP contribution in [0.3, 0.4) is 0 Å². The third-order valence-corrected chi connectivity index (χ3v) is 1.76. The summed E-state index contributed by atoms with van der Waals surface area (Å²) in [4.78, 5) is 2.72. The highest BCUT2D eigenvalue weighted by Crippen LogP contribution is 2.17. The van der Waals surface area contributed by atoms with Crippen molar-refractivity contribution in [3.8, 4) is 0 Å². The highest BCUT2D eigenvalue weighted by Gasteiger charge is 2.24. The van der Waals surface area contributed by atoms with Crippen LogP contribution in [0.4, 0.5) is 0 Å². The first-order valence-corrected chi connectivity index (χ1v) is 4.34. The first-order chi connectivity index (χ1) is 6.14. The molecule has 0 spiro atoms. The Kier molecular flexibility index (Phi) is 3.54. The van der Waals surface area contributed by atoms with E-state index < -0.39 is 0 Å². The maximum Gasteiger partial charge on any atom is 0.104 e. The predicted octanol–water partition coefficient (Wildman–Crippen LogP) is 1.74. The Bertz CT molecular complexity index is 207. The fourth-order valence-electron chi connectivity index (χ4n) is 0.900. The quantitative estimate of drug-likeness (QED) is 0.273. The molecular weight excluding hydrogens is 170 g/mol. The lowest BCUT2D eigenvalue weighted by molar-refractivity contribution is 0.0565. The van der Waals surface area contributed by atoms with Crippen molar-refractivity contribution in [3.05, 3.63) is 10.4 Å². The average molecular weight is 185 g/mol. The van der Waals surface area contributed by atoms with Gasteiger partial charge in [-0.05, 0) is 10.9 Å². The van der Waals surface area contributed by atoms with Gasteiger partial charge in [0.15, 0.2) is 0 Å². The van der Waals surface area contributed by atoms with Crippen molar-refractivity contribution in [3.63, 3.8) is 0 Å². The average Bonchev–Trinajstić information content (AvgIpc) is 2.84. The minimum Gasteiger partial charge on any atom is -0.378 e. The number of ether oxygens (including phenoxy) is 2. The Morgan fingerprint density at radius 3 is 2.92 bits per heavy atom. The molecule has 0 aromatic rings. The number of rotatable bonds is 6. The van der Waals surface area contributed by atoms with Crippen LogP contribution in [0.25, 0.3) is 10.4 Å². The molecule has 1 fully saturated rings. The van der Waals surface area contributed by atoms with E-state index in [4.69, 9.17) is 15.0 Å². The maximum atomic E-state index is 8.15. The minimum absolute atomic E-state index is 0.0822. The molecule has 74 valence electrons. The zero-order valence-electron chi connectivity index (χ0n) is 8.06. The van der Waals surface area contributed by atoms with Crippen molar-refractivity contribution < 1.29 is 9.47 Å². The molecule has 0 bridgehead atoms. The van der Waals surface area contributed by atoms with Crippen LogP contribution < -0.4 is 0 Å². The van der Waals surface area contributed by atoms with Crippen LogP contribution in [-0.2, 0) is 9.47 Å². The Hall–Kier alpha value is -0.770. The molecule has 0 aliphatic carbocycles. The van der Waals surface area contributed by atoms with E-state index in [-0.39, 0.29) is 5.41 Å². The Morgan fingerprint density at radius 1 is 1.69 bits per heavy atom. The summed E-state index contributed by atoms with van der Waals surface area (Å²) >= 11 is 0. The molecule has 0 aromatic carbocycles. The van der Waals surface area contributed by atoms with Gasteiger partial charge in [-0.15, -0.1) is 0 Å². The molecule has 1 aliphatic heterocycles. The van der Waals surface area contributed by atoms with E-state index in [2.05, 4.69) is 10.0 Å². The number of nitrogens with zero attached hydrogens (tertiary/aromatic N) is 3. The topological polar surface area (TPSA) is 70.5 Å². The fourth-order valence-corrected chi connectivity index (χ4v) is 0.900. The molecule has 0 amide bonds. The van der Waals surface area contributed by atoms with E-state index in [1.807, 2.05) is 13.8 Å². The molecule has 1 saturated heterocycles. The van der Waals surface area contributed by atoms with Crippen LogP contribution in [-0.4, -0.2) is 32.5 Å². The smallest absolute Gasteiger partial charge is 0.104 e. The first-order valence-electron chi connectivity index (χ1n) is 4.34. The zero-order chi connectivity index (χ0) is 9.73. The van der Waals surface area contributed by atoms with Crippen molar-refractivity contribution >= 4 is 0 Å². The third-order valence-electron chi connectivity index (χ3n) is 1.76. The lowest BCUT2D eigenvalue weighted by Crippen LogP contribution is -2.23. The third kappa shape index (κ3) is 4.72. The molecule has 0 saturated carbocycles. The van der Waals surface area contributed by atoms with Gasteiger partial charge in [-0.1, -0.05) is 19.0 Å². The highest BCUT2D eigenvalue weighted by molar-refractivity contribution is 4.73. The second kappa shape index (κ2) is 4.46. The van der Waals surface area contributed by atoms with E-state index >= 15 is 0 Å². The van der Waals surface area contributed by atoms with E-state index in [1.54, 1.807) is 0 Å². The second-order valence-electron chi connectivity index (χ2n) is 4.02. The van der Waals surface area contributed by atoms with Crippen LogP contribution in [0.1, 0.15) is 13.8 Å². The molecule has 0 aromatic heterocycles. The summed E-state index contributed by atoms with van der Waals surface area (Å²) in [5.74, 6) is 0. The summed E-state index contributed by atoms with van der Waals surface area (Å²) in [6.07, 6.45) is 0.301. The molecule has 5 heteroatoms. The van der Waals surface area contributed by atoms with Crippen molar-refractivity contribution in [2.45, 2.75) is 20.0 Å². The van der Waals surface area contributed by atoms with E-state index in [0.29, 0.717) is 25.9 Å². The Balaban J connectivity index is 2.11. The summed E-state index contributed by atoms with van der Waals surface area (Å²) < 4.78 is 10.4. The highest BCUT2D eigenvalue weighted by atomic mass is 16.6. The van der Waals surface area contributed by atoms with Gasteiger partial charge in [0.2, 0.25) is 0 Å². The summed E-state index contributed by atoms with van der Waals surface area (Å²) in [5, 5.41) is 3.53. The monoisotopic (exact) mass is 185 g/mol. The molecule has 1 aliphatic rings. The van der Waals surface area contributed by atoms with Gasteiger partial charge in [-0.3, -0.25) is 0 Å². The Labute approximate surface area is 77.6 Å². The Morgan fingerprint density at radius 2 is 2.38 bits per heavy atom. The lowest BCUT2D eigenvalue weighted by atomic mass is 9.95. The number of hydrogen-bond acceptors (Lipinski definition) is 3. The molecule has 1 unspecified atom stereocenters. The molecule has 1 atom stereocenters. The van der Waals surface area contributed by atoms with Gasteiger partial charge in [0.25, 0.3) is 0 Å². The minimum atomic E-state index is -0.0822. The van der Waals surface area contributed by atoms with E-state index in [9.17, 15) is 0 Å². The van der Waals surface area contributed by atoms with Gasteiger partial charge in [0.05, 0.1) is 19.8 Å². The zero-order valence-corrected chi connectivity index (χ0v) is 8.06. The fraction of sp³-hybridized carbons (Fsp3) is 1.00. The van der Waals surface area contributed by atoms with Gasteiger partial charge in [0.1, 0.15) is 6.10 Å². The van der Waals surface area contributed by atoms with Crippen molar-refractivity contribution in [1.29, 1.82) is 0 Å². The molecule has 0 radical (unpaired) electrons. The summed E-state index contributed by atoms with van der Waals surface area (Å²) in [5.41, 5.74) is 8.07. The normalized spacial score (nSPS) is 20.9. The van der Waals surface area contributed by atoms with E-state index in [1.165, 1.54) is 0 Å². The maximum absolute atomic E-state index is 8.15. The van der Waals surface area contributed by atoms with Gasteiger partial charge >= 0.3 is 0 Å². The van der Waals surface area contributed by atoms with Crippen molar-refractivity contribution in [1.82, 2.24) is 0 Å². The van der Waals surface area contributed by atoms with Crippen molar-refractivity contribution in [2.75, 3.05) is 26.4 Å². The molecule has 13 heavy (non-hydrogen) atoms. The standard InChI is InChI=1S/C8H15N3O2/c1-8(2,5-10-11-9)6-12-3-7-4-13-7/h7H,3-6H2,1-2H3. The number of hydrogen-bond donors (Lipinski definition) is 0. The van der Waals surface area contributed by atoms with E-state index in [0.717, 1.165) is 6.61 Å². The van der Waals surface area contributed by atoms with Gasteiger partial charge in [-0.25, -0.2) is 0 Å². The van der Waals surface area contributed by atoms with Gasteiger partial charge in [0, 0.05) is 11.5 Å². The molecule has 1 rings (SSSR count). The van der Waals surface area contributed by atoms with Crippen LogP contribution in [0.5, 0.6) is 0 Å². The second-order valence-corrected chi connectivity index (χ2v) is 4.02. The molecular formula is C8H15N3O2. The largest absolute Gasteiger partial charge is 0.378 e. The predicted molar refractivity (Wildman–Crippen MR) is 48.4 cm³/mol. The first kappa shape index (κ1) is 10.3. The number of azide groups is 1. The molecule has 5 nitrogen and oxygen atoms in total. The lowest BCUT2D eigenvalue weighted by Gasteiger charge is -2.21. The van der Waals surface area contributed by atoms with Crippen molar-refractivity contribution in [2.24, 2.45) is 10.5 Å².